The maximum atomic E-state index is 13.4. The summed E-state index contributed by atoms with van der Waals surface area (Å²) in [7, 11) is 0. The third-order valence-corrected chi connectivity index (χ3v) is 7.51. The normalized spacial score (nSPS) is 18.7. The topological polar surface area (TPSA) is 65.5 Å². The van der Waals surface area contributed by atoms with E-state index in [2.05, 4.69) is 55.9 Å². The molecule has 5 rings (SSSR count). The van der Waals surface area contributed by atoms with Crippen molar-refractivity contribution in [1.29, 1.82) is 0 Å². The Morgan fingerprint density at radius 2 is 1.68 bits per heavy atom. The van der Waals surface area contributed by atoms with Crippen LogP contribution in [0.3, 0.4) is 0 Å². The number of amides is 1. The third kappa shape index (κ3) is 5.17. The van der Waals surface area contributed by atoms with Gasteiger partial charge in [0.15, 0.2) is 5.82 Å². The lowest BCUT2D eigenvalue weighted by Gasteiger charge is -2.39. The van der Waals surface area contributed by atoms with Crippen molar-refractivity contribution < 1.29 is 4.79 Å². The average molecular weight is 475 g/mol. The largest absolute Gasteiger partial charge is 0.354 e. The van der Waals surface area contributed by atoms with Gasteiger partial charge in [0.05, 0.1) is 5.92 Å². The highest BCUT2D eigenvalue weighted by atomic mass is 32.2. The molecule has 7 nitrogen and oxygen atoms in total. The number of piperazine rings is 1. The Balaban J connectivity index is 1.23. The van der Waals surface area contributed by atoms with Gasteiger partial charge < -0.3 is 14.7 Å². The SMILES string of the molecule is Cc1ccc(Sc2nccnc2N2CCC[C@H](C(=O)N3CCN(c4ccccn4)CC3)C2)cc1. The van der Waals surface area contributed by atoms with Gasteiger partial charge in [-0.05, 0) is 44.0 Å². The lowest BCUT2D eigenvalue weighted by atomic mass is 9.96. The number of benzene rings is 1. The highest BCUT2D eigenvalue weighted by Gasteiger charge is 2.32. The van der Waals surface area contributed by atoms with E-state index < -0.39 is 0 Å². The van der Waals surface area contributed by atoms with Gasteiger partial charge in [0.25, 0.3) is 0 Å². The van der Waals surface area contributed by atoms with Gasteiger partial charge in [-0.25, -0.2) is 15.0 Å². The number of rotatable bonds is 5. The van der Waals surface area contributed by atoms with Gasteiger partial charge in [-0.1, -0.05) is 35.5 Å². The van der Waals surface area contributed by atoms with Gasteiger partial charge in [0.1, 0.15) is 10.8 Å². The van der Waals surface area contributed by atoms with E-state index in [1.165, 1.54) is 5.56 Å². The predicted molar refractivity (Wildman–Crippen MR) is 135 cm³/mol. The maximum absolute atomic E-state index is 13.4. The molecule has 0 aliphatic carbocycles. The smallest absolute Gasteiger partial charge is 0.227 e. The van der Waals surface area contributed by atoms with E-state index in [0.29, 0.717) is 6.54 Å². The van der Waals surface area contributed by atoms with E-state index in [4.69, 9.17) is 0 Å². The Kier molecular flexibility index (Phi) is 6.94. The second-order valence-electron chi connectivity index (χ2n) is 8.89. The molecule has 8 heteroatoms. The minimum atomic E-state index is -0.00520. The van der Waals surface area contributed by atoms with E-state index >= 15 is 0 Å². The van der Waals surface area contributed by atoms with Crippen LogP contribution in [0.4, 0.5) is 11.6 Å². The highest BCUT2D eigenvalue weighted by molar-refractivity contribution is 7.99. The zero-order valence-corrected chi connectivity index (χ0v) is 20.3. The van der Waals surface area contributed by atoms with Crippen molar-refractivity contribution in [1.82, 2.24) is 19.9 Å². The number of carbonyl (C=O) groups is 1. The predicted octanol–water partition coefficient (Wildman–Crippen LogP) is 3.90. The molecule has 0 unspecified atom stereocenters. The minimum Gasteiger partial charge on any atom is -0.354 e. The quantitative estimate of drug-likeness (QED) is 0.556. The molecule has 2 aliphatic heterocycles. The summed E-state index contributed by atoms with van der Waals surface area (Å²) in [4.78, 5) is 34.8. The van der Waals surface area contributed by atoms with Crippen molar-refractivity contribution in [3.05, 3.63) is 66.6 Å². The highest BCUT2D eigenvalue weighted by Crippen LogP contribution is 2.34. The zero-order valence-electron chi connectivity index (χ0n) is 19.5. The fourth-order valence-corrected chi connectivity index (χ4v) is 5.53. The Labute approximate surface area is 205 Å². The number of piperidine rings is 1. The van der Waals surface area contributed by atoms with E-state index in [1.807, 2.05) is 29.3 Å². The summed E-state index contributed by atoms with van der Waals surface area (Å²) in [6.07, 6.45) is 7.22. The number of carbonyl (C=O) groups excluding carboxylic acids is 1. The minimum absolute atomic E-state index is 0.00520. The summed E-state index contributed by atoms with van der Waals surface area (Å²) in [5.74, 6) is 2.13. The molecule has 2 fully saturated rings. The molecule has 1 amide bonds. The van der Waals surface area contributed by atoms with Crippen LogP contribution in [0.2, 0.25) is 0 Å². The Hall–Kier alpha value is -3.13. The lowest BCUT2D eigenvalue weighted by molar-refractivity contribution is -0.136. The first kappa shape index (κ1) is 22.7. The van der Waals surface area contributed by atoms with Gasteiger partial charge in [0.2, 0.25) is 5.91 Å². The first-order chi connectivity index (χ1) is 16.7. The van der Waals surface area contributed by atoms with Crippen LogP contribution < -0.4 is 9.80 Å². The molecular weight excluding hydrogens is 444 g/mol. The first-order valence-electron chi connectivity index (χ1n) is 11.9. The van der Waals surface area contributed by atoms with Crippen LogP contribution >= 0.6 is 11.8 Å². The fourth-order valence-electron chi connectivity index (χ4n) is 4.65. The molecule has 3 aromatic rings. The van der Waals surface area contributed by atoms with E-state index in [1.54, 1.807) is 24.2 Å². The number of hydrogen-bond acceptors (Lipinski definition) is 7. The summed E-state index contributed by atoms with van der Waals surface area (Å²) >= 11 is 1.63. The zero-order chi connectivity index (χ0) is 23.3. The number of aryl methyl sites for hydroxylation is 1. The van der Waals surface area contributed by atoms with Crippen LogP contribution in [0.1, 0.15) is 18.4 Å². The molecule has 0 bridgehead atoms. The summed E-state index contributed by atoms with van der Waals surface area (Å²) in [5.41, 5.74) is 1.24. The number of aromatic nitrogens is 3. The molecule has 2 aliphatic rings. The number of pyridine rings is 1. The first-order valence-corrected chi connectivity index (χ1v) is 12.7. The van der Waals surface area contributed by atoms with Gasteiger partial charge in [-0.3, -0.25) is 4.79 Å². The van der Waals surface area contributed by atoms with Gasteiger partial charge >= 0.3 is 0 Å². The standard InChI is InChI=1S/C26H30N6OS/c1-20-7-9-22(10-8-20)34-25-24(28-12-13-29-25)32-14-4-5-21(19-32)26(33)31-17-15-30(16-18-31)23-6-2-3-11-27-23/h2-3,6-13,21H,4-5,14-19H2,1H3/t21-/m0/s1. The van der Waals surface area contributed by atoms with Crippen molar-refractivity contribution in [2.24, 2.45) is 5.92 Å². The number of nitrogens with zero attached hydrogens (tertiary/aromatic N) is 6. The summed E-state index contributed by atoms with van der Waals surface area (Å²) in [6, 6.07) is 14.4. The van der Waals surface area contributed by atoms with Crippen molar-refractivity contribution in [3.8, 4) is 0 Å². The van der Waals surface area contributed by atoms with Crippen molar-refractivity contribution in [3.63, 3.8) is 0 Å². The van der Waals surface area contributed by atoms with Crippen LogP contribution in [0, 0.1) is 12.8 Å². The molecule has 1 aromatic carbocycles. The van der Waals surface area contributed by atoms with E-state index in [-0.39, 0.29) is 11.8 Å². The summed E-state index contributed by atoms with van der Waals surface area (Å²) in [5, 5.41) is 0.892. The molecule has 0 spiro atoms. The monoisotopic (exact) mass is 474 g/mol. The summed E-state index contributed by atoms with van der Waals surface area (Å²) in [6.45, 7) is 6.81. The molecule has 2 saturated heterocycles. The molecule has 176 valence electrons. The van der Waals surface area contributed by atoms with Crippen LogP contribution in [-0.2, 0) is 4.79 Å². The molecule has 0 saturated carbocycles. The van der Waals surface area contributed by atoms with Gasteiger partial charge in [-0.15, -0.1) is 0 Å². The van der Waals surface area contributed by atoms with Crippen molar-refractivity contribution >= 4 is 29.3 Å². The molecule has 4 heterocycles. The fraction of sp³-hybridized carbons (Fsp3) is 0.385. The van der Waals surface area contributed by atoms with Crippen LogP contribution in [0.15, 0.2) is 71.0 Å². The second kappa shape index (κ2) is 10.4. The summed E-state index contributed by atoms with van der Waals surface area (Å²) < 4.78 is 0. The molecule has 0 N–H and O–H groups in total. The second-order valence-corrected chi connectivity index (χ2v) is 9.95. The van der Waals surface area contributed by atoms with Crippen LogP contribution in [0.5, 0.6) is 0 Å². The Bertz CT molecular complexity index is 1100. The average Bonchev–Trinajstić information content (AvgIpc) is 2.90. The third-order valence-electron chi connectivity index (χ3n) is 6.52. The molecule has 1 atom stereocenters. The maximum Gasteiger partial charge on any atom is 0.227 e. The molecular formula is C26H30N6OS. The Morgan fingerprint density at radius 3 is 2.44 bits per heavy atom. The van der Waals surface area contributed by atoms with Gasteiger partial charge in [-0.2, -0.15) is 0 Å². The molecule has 2 aromatic heterocycles. The van der Waals surface area contributed by atoms with E-state index in [9.17, 15) is 4.79 Å². The van der Waals surface area contributed by atoms with E-state index in [0.717, 1.165) is 67.1 Å². The van der Waals surface area contributed by atoms with Crippen molar-refractivity contribution in [2.45, 2.75) is 29.7 Å². The van der Waals surface area contributed by atoms with Crippen molar-refractivity contribution in [2.75, 3.05) is 49.1 Å². The number of hydrogen-bond donors (Lipinski definition) is 0. The Morgan fingerprint density at radius 1 is 0.882 bits per heavy atom. The van der Waals surface area contributed by atoms with Crippen LogP contribution in [-0.4, -0.2) is 65.0 Å². The van der Waals surface area contributed by atoms with Gasteiger partial charge in [0, 0.05) is 62.8 Å². The lowest BCUT2D eigenvalue weighted by Crippen LogP contribution is -2.53. The van der Waals surface area contributed by atoms with Crippen LogP contribution in [0.25, 0.3) is 0 Å². The number of anilines is 2. The molecule has 0 radical (unpaired) electrons. The molecule has 34 heavy (non-hydrogen) atoms.